The lowest BCUT2D eigenvalue weighted by molar-refractivity contribution is -0.157. The molecule has 2 atom stereocenters. The Kier molecular flexibility index (Phi) is 7.28. The summed E-state index contributed by atoms with van der Waals surface area (Å²) < 4.78 is 5.38. The van der Waals surface area contributed by atoms with Crippen LogP contribution in [0.2, 0.25) is 0 Å². The van der Waals surface area contributed by atoms with Crippen LogP contribution in [0.3, 0.4) is 0 Å². The normalized spacial score (nSPS) is 18.0. The predicted octanol–water partition coefficient (Wildman–Crippen LogP) is 3.80. The first kappa shape index (κ1) is 22.3. The molecule has 2 unspecified atom stereocenters. The second kappa shape index (κ2) is 10.1. The van der Waals surface area contributed by atoms with Crippen LogP contribution in [0, 0.1) is 6.92 Å². The monoisotopic (exact) mass is 423 g/mol. The SMILES string of the molecule is Cc1cccc(NC(=O)NCC(=O)N2C(C(=O)OC(C)C)CCC2c2ccccc2)c1. The lowest BCUT2D eigenvalue weighted by atomic mass is 10.0. The van der Waals surface area contributed by atoms with Gasteiger partial charge in [-0.2, -0.15) is 0 Å². The molecule has 2 aromatic carbocycles. The molecular formula is C24H29N3O4. The molecule has 2 N–H and O–H groups in total. The molecule has 0 radical (unpaired) electrons. The number of carbonyl (C=O) groups is 3. The molecule has 3 rings (SSSR count). The van der Waals surface area contributed by atoms with Crippen molar-refractivity contribution in [2.24, 2.45) is 0 Å². The number of amides is 3. The van der Waals surface area contributed by atoms with Gasteiger partial charge >= 0.3 is 12.0 Å². The number of likely N-dealkylation sites (tertiary alicyclic amines) is 1. The van der Waals surface area contributed by atoms with Gasteiger partial charge < -0.3 is 20.3 Å². The van der Waals surface area contributed by atoms with Crippen molar-refractivity contribution in [1.29, 1.82) is 0 Å². The van der Waals surface area contributed by atoms with Gasteiger partial charge in [0.05, 0.1) is 18.7 Å². The zero-order chi connectivity index (χ0) is 22.4. The highest BCUT2D eigenvalue weighted by Crippen LogP contribution is 2.36. The number of aryl methyl sites for hydroxylation is 1. The van der Waals surface area contributed by atoms with E-state index in [4.69, 9.17) is 4.74 Å². The zero-order valence-electron chi connectivity index (χ0n) is 18.1. The lowest BCUT2D eigenvalue weighted by Gasteiger charge is -2.30. The minimum Gasteiger partial charge on any atom is -0.461 e. The molecule has 0 saturated carbocycles. The van der Waals surface area contributed by atoms with Crippen LogP contribution in [-0.2, 0) is 14.3 Å². The first-order valence-corrected chi connectivity index (χ1v) is 10.5. The van der Waals surface area contributed by atoms with Crippen molar-refractivity contribution in [3.63, 3.8) is 0 Å². The van der Waals surface area contributed by atoms with Crippen molar-refractivity contribution in [1.82, 2.24) is 10.2 Å². The third kappa shape index (κ3) is 5.84. The minimum absolute atomic E-state index is 0.216. The van der Waals surface area contributed by atoms with Gasteiger partial charge in [-0.3, -0.25) is 4.79 Å². The summed E-state index contributed by atoms with van der Waals surface area (Å²) in [6, 6.07) is 15.6. The first-order valence-electron chi connectivity index (χ1n) is 10.5. The average Bonchev–Trinajstić information content (AvgIpc) is 3.18. The van der Waals surface area contributed by atoms with Crippen LogP contribution in [0.15, 0.2) is 54.6 Å². The van der Waals surface area contributed by atoms with E-state index in [1.807, 2.05) is 55.5 Å². The van der Waals surface area contributed by atoms with E-state index in [1.54, 1.807) is 24.8 Å². The van der Waals surface area contributed by atoms with Crippen LogP contribution >= 0.6 is 0 Å². The Morgan fingerprint density at radius 3 is 2.48 bits per heavy atom. The number of nitrogens with one attached hydrogen (secondary N) is 2. The Balaban J connectivity index is 1.70. The summed E-state index contributed by atoms with van der Waals surface area (Å²) in [5.41, 5.74) is 2.62. The fourth-order valence-electron chi connectivity index (χ4n) is 3.85. The topological polar surface area (TPSA) is 87.7 Å². The van der Waals surface area contributed by atoms with E-state index in [9.17, 15) is 14.4 Å². The second-order valence-corrected chi connectivity index (χ2v) is 7.98. The van der Waals surface area contributed by atoms with Gasteiger partial charge in [-0.15, -0.1) is 0 Å². The highest BCUT2D eigenvalue weighted by Gasteiger charge is 2.42. The lowest BCUT2D eigenvalue weighted by Crippen LogP contribution is -2.47. The highest BCUT2D eigenvalue weighted by atomic mass is 16.5. The summed E-state index contributed by atoms with van der Waals surface area (Å²) in [5, 5.41) is 5.33. The minimum atomic E-state index is -0.665. The van der Waals surface area contributed by atoms with Crippen molar-refractivity contribution in [2.45, 2.75) is 51.8 Å². The van der Waals surface area contributed by atoms with E-state index in [-0.39, 0.29) is 24.6 Å². The van der Waals surface area contributed by atoms with Crippen LogP contribution in [0.5, 0.6) is 0 Å². The largest absolute Gasteiger partial charge is 0.461 e. The fraction of sp³-hybridized carbons (Fsp3) is 0.375. The average molecular weight is 424 g/mol. The summed E-state index contributed by atoms with van der Waals surface area (Å²) in [6.07, 6.45) is 0.911. The van der Waals surface area contributed by atoms with Gasteiger partial charge in [0, 0.05) is 5.69 Å². The molecule has 0 aromatic heterocycles. The number of benzene rings is 2. The summed E-state index contributed by atoms with van der Waals surface area (Å²) >= 11 is 0. The number of carbonyl (C=O) groups excluding carboxylic acids is 3. The van der Waals surface area contributed by atoms with Gasteiger partial charge in [-0.25, -0.2) is 9.59 Å². The quantitative estimate of drug-likeness (QED) is 0.692. The molecule has 0 bridgehead atoms. The Morgan fingerprint density at radius 1 is 1.06 bits per heavy atom. The first-order chi connectivity index (χ1) is 14.8. The third-order valence-corrected chi connectivity index (χ3v) is 5.16. The van der Waals surface area contributed by atoms with Crippen LogP contribution in [-0.4, -0.2) is 41.5 Å². The molecule has 31 heavy (non-hydrogen) atoms. The van der Waals surface area contributed by atoms with Crippen LogP contribution < -0.4 is 10.6 Å². The zero-order valence-corrected chi connectivity index (χ0v) is 18.1. The molecule has 1 aliphatic heterocycles. The number of urea groups is 1. The number of nitrogens with zero attached hydrogens (tertiary/aromatic N) is 1. The van der Waals surface area contributed by atoms with Crippen molar-refractivity contribution in [3.05, 3.63) is 65.7 Å². The summed E-state index contributed by atoms with van der Waals surface area (Å²) in [6.45, 7) is 5.28. The maximum Gasteiger partial charge on any atom is 0.329 e. The van der Waals surface area contributed by atoms with Gasteiger partial charge in [-0.05, 0) is 56.9 Å². The van der Waals surface area contributed by atoms with Crippen molar-refractivity contribution >= 4 is 23.6 Å². The predicted molar refractivity (Wildman–Crippen MR) is 118 cm³/mol. The summed E-state index contributed by atoms with van der Waals surface area (Å²) in [4.78, 5) is 39.6. The molecule has 0 spiro atoms. The smallest absolute Gasteiger partial charge is 0.329 e. The highest BCUT2D eigenvalue weighted by molar-refractivity contribution is 5.93. The molecule has 164 valence electrons. The van der Waals surface area contributed by atoms with Gasteiger partial charge in [0.15, 0.2) is 0 Å². The molecule has 7 nitrogen and oxygen atoms in total. The van der Waals surface area contributed by atoms with Gasteiger partial charge in [0.1, 0.15) is 6.04 Å². The maximum absolute atomic E-state index is 13.1. The number of hydrogen-bond donors (Lipinski definition) is 2. The number of anilines is 1. The molecule has 7 heteroatoms. The van der Waals surface area contributed by atoms with Crippen molar-refractivity contribution in [2.75, 3.05) is 11.9 Å². The van der Waals surface area contributed by atoms with Gasteiger partial charge in [0.25, 0.3) is 0 Å². The Bertz CT molecular complexity index is 929. The Labute approximate surface area is 182 Å². The molecule has 0 aliphatic carbocycles. The van der Waals surface area contributed by atoms with E-state index in [1.165, 1.54) is 0 Å². The fourth-order valence-corrected chi connectivity index (χ4v) is 3.85. The molecule has 1 aliphatic rings. The van der Waals surface area contributed by atoms with Gasteiger partial charge in [0.2, 0.25) is 5.91 Å². The van der Waals surface area contributed by atoms with E-state index < -0.39 is 18.0 Å². The molecule has 2 aromatic rings. The number of ether oxygens (including phenoxy) is 1. The van der Waals surface area contributed by atoms with Gasteiger partial charge in [-0.1, -0.05) is 42.5 Å². The molecular weight excluding hydrogens is 394 g/mol. The maximum atomic E-state index is 13.1. The molecule has 1 saturated heterocycles. The van der Waals surface area contributed by atoms with E-state index in [0.717, 1.165) is 11.1 Å². The second-order valence-electron chi connectivity index (χ2n) is 7.98. The summed E-state index contributed by atoms with van der Waals surface area (Å²) in [5.74, 6) is -0.734. The van der Waals surface area contributed by atoms with E-state index in [2.05, 4.69) is 10.6 Å². The Hall–Kier alpha value is -3.35. The molecule has 3 amide bonds. The number of hydrogen-bond acceptors (Lipinski definition) is 4. The number of rotatable bonds is 6. The third-order valence-electron chi connectivity index (χ3n) is 5.16. The molecule has 1 fully saturated rings. The van der Waals surface area contributed by atoms with Crippen LogP contribution in [0.1, 0.15) is 43.9 Å². The van der Waals surface area contributed by atoms with Crippen molar-refractivity contribution in [3.8, 4) is 0 Å². The van der Waals surface area contributed by atoms with Crippen molar-refractivity contribution < 1.29 is 19.1 Å². The van der Waals surface area contributed by atoms with Crippen LogP contribution in [0.25, 0.3) is 0 Å². The standard InChI is InChI=1S/C24H29N3O4/c1-16(2)31-23(29)21-13-12-20(18-9-5-4-6-10-18)27(21)22(28)15-25-24(30)26-19-11-7-8-17(3)14-19/h4-11,14,16,20-21H,12-13,15H2,1-3H3,(H2,25,26,30). The number of esters is 1. The Morgan fingerprint density at radius 2 is 1.81 bits per heavy atom. The van der Waals surface area contributed by atoms with E-state index in [0.29, 0.717) is 18.5 Å². The van der Waals surface area contributed by atoms with Crippen LogP contribution in [0.4, 0.5) is 10.5 Å². The molecule has 1 heterocycles. The summed E-state index contributed by atoms with van der Waals surface area (Å²) in [7, 11) is 0. The van der Waals surface area contributed by atoms with E-state index >= 15 is 0 Å².